The van der Waals surface area contributed by atoms with Crippen LogP contribution in [0.25, 0.3) is 11.3 Å². The summed E-state index contributed by atoms with van der Waals surface area (Å²) < 4.78 is 27.4. The van der Waals surface area contributed by atoms with Gasteiger partial charge in [-0.15, -0.1) is 0 Å². The van der Waals surface area contributed by atoms with Gasteiger partial charge in [-0.1, -0.05) is 12.1 Å². The highest BCUT2D eigenvalue weighted by Gasteiger charge is 2.31. The SMILES string of the molecule is C[C@@H]1CCN(C)c2ccc(-c3cccc(N4CC[C@H](F)C4)c3)nc2N1C(=O)Nc1cncc(F)c1. The minimum atomic E-state index is -0.804. The van der Waals surface area contributed by atoms with Gasteiger partial charge >= 0.3 is 6.03 Å². The predicted octanol–water partition coefficient (Wildman–Crippen LogP) is 5.10. The van der Waals surface area contributed by atoms with E-state index in [4.69, 9.17) is 4.98 Å². The van der Waals surface area contributed by atoms with E-state index in [9.17, 15) is 13.6 Å². The molecule has 1 saturated heterocycles. The largest absolute Gasteiger partial charge is 0.372 e. The molecule has 4 heterocycles. The first-order valence-electron chi connectivity index (χ1n) is 11.8. The first-order valence-corrected chi connectivity index (χ1v) is 11.8. The molecule has 2 aromatic heterocycles. The van der Waals surface area contributed by atoms with E-state index < -0.39 is 18.0 Å². The fraction of sp³-hybridized carbons (Fsp3) is 0.346. The molecular formula is C26H28F2N6O. The lowest BCUT2D eigenvalue weighted by atomic mass is 10.1. The molecule has 1 aromatic carbocycles. The Bertz CT molecular complexity index is 1240. The molecule has 182 valence electrons. The van der Waals surface area contributed by atoms with Crippen LogP contribution in [-0.2, 0) is 0 Å². The van der Waals surface area contributed by atoms with E-state index in [0.717, 1.165) is 36.1 Å². The van der Waals surface area contributed by atoms with Crippen molar-refractivity contribution in [1.82, 2.24) is 9.97 Å². The molecule has 3 aromatic rings. The lowest BCUT2D eigenvalue weighted by molar-refractivity contribution is 0.255. The molecule has 0 radical (unpaired) electrons. The van der Waals surface area contributed by atoms with E-state index in [1.54, 1.807) is 4.90 Å². The monoisotopic (exact) mass is 478 g/mol. The normalized spacial score (nSPS) is 19.9. The smallest absolute Gasteiger partial charge is 0.327 e. The Morgan fingerprint density at radius 3 is 2.74 bits per heavy atom. The maximum absolute atomic E-state index is 13.8. The number of aromatic nitrogens is 2. The number of nitrogens with zero attached hydrogens (tertiary/aromatic N) is 5. The molecule has 2 aliphatic heterocycles. The van der Waals surface area contributed by atoms with Crippen LogP contribution in [-0.4, -0.2) is 54.9 Å². The highest BCUT2D eigenvalue weighted by Crippen LogP contribution is 2.36. The maximum Gasteiger partial charge on any atom is 0.327 e. The van der Waals surface area contributed by atoms with Crippen LogP contribution in [0.5, 0.6) is 0 Å². The molecule has 7 nitrogen and oxygen atoms in total. The van der Waals surface area contributed by atoms with Crippen molar-refractivity contribution < 1.29 is 13.6 Å². The molecule has 2 aliphatic rings. The van der Waals surface area contributed by atoms with Crippen LogP contribution in [0, 0.1) is 5.82 Å². The summed E-state index contributed by atoms with van der Waals surface area (Å²) in [6, 6.07) is 12.5. The second-order valence-corrected chi connectivity index (χ2v) is 9.17. The van der Waals surface area contributed by atoms with E-state index in [-0.39, 0.29) is 11.7 Å². The minimum absolute atomic E-state index is 0.139. The topological polar surface area (TPSA) is 64.6 Å². The molecular weight excluding hydrogens is 450 g/mol. The molecule has 9 heteroatoms. The fourth-order valence-electron chi connectivity index (χ4n) is 4.69. The first-order chi connectivity index (χ1) is 16.9. The number of rotatable bonds is 3. The number of halogens is 2. The van der Waals surface area contributed by atoms with Gasteiger partial charge in [0.1, 0.15) is 12.0 Å². The van der Waals surface area contributed by atoms with Crippen molar-refractivity contribution in [1.29, 1.82) is 0 Å². The van der Waals surface area contributed by atoms with Crippen LogP contribution in [0.15, 0.2) is 54.9 Å². The third-order valence-corrected chi connectivity index (χ3v) is 6.63. The highest BCUT2D eigenvalue weighted by atomic mass is 19.1. The molecule has 1 N–H and O–H groups in total. The number of hydrogen-bond donors (Lipinski definition) is 1. The van der Waals surface area contributed by atoms with Crippen LogP contribution < -0.4 is 20.0 Å². The number of carbonyl (C=O) groups excluding carboxylic acids is 1. The van der Waals surface area contributed by atoms with Gasteiger partial charge in [-0.05, 0) is 44.0 Å². The van der Waals surface area contributed by atoms with Crippen LogP contribution in [0.2, 0.25) is 0 Å². The van der Waals surface area contributed by atoms with Crippen LogP contribution in [0.1, 0.15) is 19.8 Å². The number of urea groups is 1. The van der Waals surface area contributed by atoms with Crippen molar-refractivity contribution in [2.75, 3.05) is 46.7 Å². The van der Waals surface area contributed by atoms with Crippen LogP contribution in [0.3, 0.4) is 0 Å². The third kappa shape index (κ3) is 4.76. The van der Waals surface area contributed by atoms with Crippen molar-refractivity contribution in [3.63, 3.8) is 0 Å². The standard InChI is InChI=1S/C26H28F2N6O/c1-17-8-10-32(2)24-7-6-23(18-4-3-5-22(12-18)33-11-9-19(27)16-33)31-25(24)34(17)26(35)30-21-13-20(28)14-29-15-21/h3-7,12-15,17,19H,8-11,16H2,1-2H3,(H,30,35)/t17-,19+/m1/s1. The van der Waals surface area contributed by atoms with Crippen LogP contribution >= 0.6 is 0 Å². The van der Waals surface area contributed by atoms with Crippen LogP contribution in [0.4, 0.5) is 36.5 Å². The Balaban J connectivity index is 1.51. The predicted molar refractivity (Wildman–Crippen MR) is 134 cm³/mol. The lowest BCUT2D eigenvalue weighted by Crippen LogP contribution is -2.42. The minimum Gasteiger partial charge on any atom is -0.372 e. The van der Waals surface area contributed by atoms with Gasteiger partial charge in [0.15, 0.2) is 5.82 Å². The molecule has 0 unspecified atom stereocenters. The van der Waals surface area contributed by atoms with Crippen molar-refractivity contribution >= 4 is 28.9 Å². The summed E-state index contributed by atoms with van der Waals surface area (Å²) in [5.74, 6) is 0.0106. The van der Waals surface area contributed by atoms with Crippen molar-refractivity contribution in [2.24, 2.45) is 0 Å². The Morgan fingerprint density at radius 2 is 1.97 bits per heavy atom. The van der Waals surface area contributed by atoms with E-state index in [1.807, 2.05) is 55.3 Å². The van der Waals surface area contributed by atoms with Gasteiger partial charge in [-0.3, -0.25) is 9.88 Å². The summed E-state index contributed by atoms with van der Waals surface area (Å²) in [6.45, 7) is 3.82. The molecule has 2 amide bonds. The summed E-state index contributed by atoms with van der Waals surface area (Å²) in [6.07, 6.45) is 2.97. The van der Waals surface area contributed by atoms with Gasteiger partial charge in [-0.25, -0.2) is 18.6 Å². The first kappa shape index (κ1) is 23.0. The number of alkyl halides is 1. The summed E-state index contributed by atoms with van der Waals surface area (Å²) in [5, 5.41) is 2.76. The summed E-state index contributed by atoms with van der Waals surface area (Å²) >= 11 is 0. The Labute approximate surface area is 203 Å². The molecule has 0 aliphatic carbocycles. The van der Waals surface area contributed by atoms with Gasteiger partial charge in [0, 0.05) is 50.0 Å². The van der Waals surface area contributed by atoms with Gasteiger partial charge < -0.3 is 15.1 Å². The Hall–Kier alpha value is -3.75. The zero-order valence-corrected chi connectivity index (χ0v) is 19.8. The number of pyridine rings is 2. The number of anilines is 4. The molecule has 1 fully saturated rings. The van der Waals surface area contributed by atoms with Gasteiger partial charge in [-0.2, -0.15) is 0 Å². The number of amides is 2. The molecule has 0 spiro atoms. The summed E-state index contributed by atoms with van der Waals surface area (Å²) in [7, 11) is 1.98. The maximum atomic E-state index is 13.8. The number of fused-ring (bicyclic) bond motifs is 1. The average Bonchev–Trinajstić information content (AvgIpc) is 3.24. The van der Waals surface area contributed by atoms with E-state index in [1.165, 1.54) is 12.3 Å². The zero-order chi connectivity index (χ0) is 24.5. The molecule has 5 rings (SSSR count). The second-order valence-electron chi connectivity index (χ2n) is 9.17. The second kappa shape index (κ2) is 9.48. The van der Waals surface area contributed by atoms with Gasteiger partial charge in [0.2, 0.25) is 0 Å². The number of carbonyl (C=O) groups is 1. The number of hydrogen-bond acceptors (Lipinski definition) is 5. The Morgan fingerprint density at radius 1 is 1.11 bits per heavy atom. The molecule has 35 heavy (non-hydrogen) atoms. The van der Waals surface area contributed by atoms with Crippen molar-refractivity contribution in [3.8, 4) is 11.3 Å². The summed E-state index contributed by atoms with van der Waals surface area (Å²) in [5.41, 5.74) is 3.68. The van der Waals surface area contributed by atoms with Gasteiger partial charge in [0.25, 0.3) is 0 Å². The lowest BCUT2D eigenvalue weighted by Gasteiger charge is -2.28. The van der Waals surface area contributed by atoms with E-state index in [2.05, 4.69) is 15.2 Å². The zero-order valence-electron chi connectivity index (χ0n) is 19.8. The van der Waals surface area contributed by atoms with Crippen molar-refractivity contribution in [2.45, 2.75) is 32.0 Å². The quantitative estimate of drug-likeness (QED) is 0.568. The van der Waals surface area contributed by atoms with E-state index in [0.29, 0.717) is 31.0 Å². The molecule has 2 atom stereocenters. The summed E-state index contributed by atoms with van der Waals surface area (Å²) in [4.78, 5) is 27.9. The average molecular weight is 479 g/mol. The number of nitrogens with one attached hydrogen (secondary N) is 1. The number of benzene rings is 1. The molecule has 0 bridgehead atoms. The van der Waals surface area contributed by atoms with E-state index >= 15 is 0 Å². The molecule has 0 saturated carbocycles. The fourth-order valence-corrected chi connectivity index (χ4v) is 4.69. The van der Waals surface area contributed by atoms with Gasteiger partial charge in [0.05, 0.1) is 29.5 Å². The Kier molecular flexibility index (Phi) is 6.23. The highest BCUT2D eigenvalue weighted by molar-refractivity contribution is 6.03. The third-order valence-electron chi connectivity index (χ3n) is 6.63. The van der Waals surface area contributed by atoms with Crippen molar-refractivity contribution in [3.05, 3.63) is 60.7 Å².